The Labute approximate surface area is 186 Å². The number of hydrogen-bond donors (Lipinski definition) is 1. The van der Waals surface area contributed by atoms with Crippen molar-refractivity contribution in [2.45, 2.75) is 34.2 Å². The molecule has 0 saturated carbocycles. The lowest BCUT2D eigenvalue weighted by atomic mass is 10.1. The van der Waals surface area contributed by atoms with Crippen LogP contribution in [-0.2, 0) is 6.54 Å². The van der Waals surface area contributed by atoms with Crippen LogP contribution in [0.3, 0.4) is 0 Å². The lowest BCUT2D eigenvalue weighted by Gasteiger charge is -2.14. The third kappa shape index (κ3) is 4.91. The van der Waals surface area contributed by atoms with Crippen molar-refractivity contribution in [2.75, 3.05) is 11.9 Å². The molecule has 2 heterocycles. The van der Waals surface area contributed by atoms with E-state index in [1.165, 1.54) is 11.5 Å². The molecule has 0 unspecified atom stereocenters. The minimum Gasteiger partial charge on any atom is -0.493 e. The molecule has 0 aliphatic carbocycles. The number of carbonyl (C=O) groups is 1. The summed E-state index contributed by atoms with van der Waals surface area (Å²) >= 11 is 1.31. The third-order valence-corrected chi connectivity index (χ3v) is 5.55. The molecule has 7 nitrogen and oxygen atoms in total. The first kappa shape index (κ1) is 21.0. The molecule has 0 radical (unpaired) electrons. The van der Waals surface area contributed by atoms with Crippen molar-refractivity contribution in [3.63, 3.8) is 0 Å². The van der Waals surface area contributed by atoms with Crippen LogP contribution >= 0.6 is 11.5 Å². The minimum atomic E-state index is -0.226. The highest BCUT2D eigenvalue weighted by molar-refractivity contribution is 7.12. The highest BCUT2D eigenvalue weighted by Gasteiger charge is 2.13. The van der Waals surface area contributed by atoms with Crippen LogP contribution in [0.15, 0.2) is 42.5 Å². The number of hydrogen-bond acceptors (Lipinski definition) is 6. The number of nitrogens with zero attached hydrogens (tertiary/aromatic N) is 4. The van der Waals surface area contributed by atoms with E-state index in [1.54, 1.807) is 12.1 Å². The van der Waals surface area contributed by atoms with E-state index < -0.39 is 0 Å². The van der Waals surface area contributed by atoms with E-state index in [0.29, 0.717) is 36.0 Å². The van der Waals surface area contributed by atoms with Gasteiger partial charge in [0.15, 0.2) is 5.82 Å². The van der Waals surface area contributed by atoms with Gasteiger partial charge < -0.3 is 10.1 Å². The highest BCUT2D eigenvalue weighted by atomic mass is 32.1. The molecule has 8 heteroatoms. The molecule has 162 valence electrons. The van der Waals surface area contributed by atoms with E-state index in [0.717, 1.165) is 27.3 Å². The van der Waals surface area contributed by atoms with Crippen molar-refractivity contribution in [2.24, 2.45) is 5.92 Å². The molecule has 1 N–H and O–H groups in total. The molecule has 31 heavy (non-hydrogen) atoms. The lowest BCUT2D eigenvalue weighted by Crippen LogP contribution is -2.13. The van der Waals surface area contributed by atoms with Gasteiger partial charge in [0.2, 0.25) is 0 Å². The van der Waals surface area contributed by atoms with Gasteiger partial charge in [0.1, 0.15) is 11.3 Å². The summed E-state index contributed by atoms with van der Waals surface area (Å²) in [7, 11) is 0. The summed E-state index contributed by atoms with van der Waals surface area (Å²) < 4.78 is 12.7. The number of aromatic nitrogens is 4. The van der Waals surface area contributed by atoms with Gasteiger partial charge in [0, 0.05) is 24.3 Å². The average Bonchev–Trinajstić information content (AvgIpc) is 3.33. The Balaban J connectivity index is 0.00000289. The minimum absolute atomic E-state index is 0. The third-order valence-electron chi connectivity index (χ3n) is 4.84. The Morgan fingerprint density at radius 2 is 2.03 bits per heavy atom. The van der Waals surface area contributed by atoms with Gasteiger partial charge in [-0.2, -0.15) is 5.10 Å². The van der Waals surface area contributed by atoms with E-state index in [1.807, 2.05) is 29.8 Å². The van der Waals surface area contributed by atoms with Gasteiger partial charge in [-0.15, -0.1) is 5.10 Å². The van der Waals surface area contributed by atoms with Crippen LogP contribution in [-0.4, -0.2) is 31.9 Å². The molecule has 1 amide bonds. The second-order valence-electron chi connectivity index (χ2n) is 8.05. The summed E-state index contributed by atoms with van der Waals surface area (Å²) in [4.78, 5) is 12.7. The Hall–Kier alpha value is -3.26. The molecule has 2 aromatic carbocycles. The zero-order valence-corrected chi connectivity index (χ0v) is 18.9. The maximum atomic E-state index is 12.7. The van der Waals surface area contributed by atoms with Crippen molar-refractivity contribution in [3.8, 4) is 5.75 Å². The number of fused-ring (bicyclic) bond motifs is 1. The first-order valence-corrected chi connectivity index (χ1v) is 11.0. The van der Waals surface area contributed by atoms with Gasteiger partial charge in [0.25, 0.3) is 5.91 Å². The van der Waals surface area contributed by atoms with Gasteiger partial charge in [0.05, 0.1) is 17.9 Å². The standard InChI is InChI=1S/C23H25N5O2S.H2/c1-14(2)13-30-20-7-5-15(3)9-18(20)12-28-16(4)10-22(26-28)24-23(29)17-6-8-21-19(11-17)25-27-31-21;/h5-11,14H,12-13H2,1-4H3,(H,24,26,29);1H. The van der Waals surface area contributed by atoms with E-state index >= 15 is 0 Å². The Kier molecular flexibility index (Phi) is 5.99. The first-order chi connectivity index (χ1) is 14.9. The van der Waals surface area contributed by atoms with Gasteiger partial charge in [-0.05, 0) is 55.6 Å². The smallest absolute Gasteiger partial charge is 0.256 e. The highest BCUT2D eigenvalue weighted by Crippen LogP contribution is 2.23. The predicted molar refractivity (Wildman–Crippen MR) is 125 cm³/mol. The molecular weight excluding hydrogens is 410 g/mol. The number of anilines is 1. The Morgan fingerprint density at radius 3 is 2.84 bits per heavy atom. The second kappa shape index (κ2) is 8.85. The fourth-order valence-electron chi connectivity index (χ4n) is 3.23. The van der Waals surface area contributed by atoms with Gasteiger partial charge in [-0.25, -0.2) is 0 Å². The van der Waals surface area contributed by atoms with Gasteiger partial charge >= 0.3 is 0 Å². The van der Waals surface area contributed by atoms with Crippen LogP contribution < -0.4 is 10.1 Å². The summed E-state index contributed by atoms with van der Waals surface area (Å²) in [6.07, 6.45) is 0. The number of aryl methyl sites for hydroxylation is 2. The normalized spacial score (nSPS) is 11.3. The molecule has 2 aromatic heterocycles. The van der Waals surface area contributed by atoms with Crippen LogP contribution in [0.1, 0.15) is 42.5 Å². The number of benzene rings is 2. The summed E-state index contributed by atoms with van der Waals surface area (Å²) in [6.45, 7) is 9.51. The fourth-order valence-corrected chi connectivity index (χ4v) is 3.77. The van der Waals surface area contributed by atoms with E-state index in [-0.39, 0.29) is 7.33 Å². The Bertz CT molecular complexity index is 1230. The van der Waals surface area contributed by atoms with Crippen molar-refractivity contribution < 1.29 is 11.0 Å². The van der Waals surface area contributed by atoms with Crippen LogP contribution in [0.4, 0.5) is 5.82 Å². The SMILES string of the molecule is Cc1ccc(OCC(C)C)c(Cn2nc(NC(=O)c3ccc4snnc4c3)cc2C)c1.[HH]. The van der Waals surface area contributed by atoms with Crippen LogP contribution in [0.5, 0.6) is 5.75 Å². The molecule has 0 aliphatic heterocycles. The average molecular weight is 438 g/mol. The maximum absolute atomic E-state index is 12.7. The zero-order valence-electron chi connectivity index (χ0n) is 18.0. The molecule has 4 rings (SSSR count). The number of nitrogens with one attached hydrogen (secondary N) is 1. The molecule has 0 atom stereocenters. The summed E-state index contributed by atoms with van der Waals surface area (Å²) in [5.41, 5.74) is 4.41. The number of amides is 1. The largest absolute Gasteiger partial charge is 0.493 e. The van der Waals surface area contributed by atoms with Crippen molar-refractivity contribution in [1.29, 1.82) is 0 Å². The summed E-state index contributed by atoms with van der Waals surface area (Å²) in [6, 6.07) is 13.4. The molecule has 0 bridgehead atoms. The van der Waals surface area contributed by atoms with E-state index in [2.05, 4.69) is 52.9 Å². The predicted octanol–water partition coefficient (Wildman–Crippen LogP) is 5.09. The van der Waals surface area contributed by atoms with E-state index in [9.17, 15) is 4.79 Å². The topological polar surface area (TPSA) is 81.9 Å². The van der Waals surface area contributed by atoms with E-state index in [4.69, 9.17) is 4.74 Å². The molecular formula is C23H27N5O2S. The summed E-state index contributed by atoms with van der Waals surface area (Å²) in [5, 5.41) is 11.5. The second-order valence-corrected chi connectivity index (χ2v) is 8.84. The molecule has 4 aromatic rings. The van der Waals surface area contributed by atoms with Gasteiger partial charge in [-0.1, -0.05) is 36.0 Å². The molecule has 0 fully saturated rings. The van der Waals surface area contributed by atoms with Crippen molar-refractivity contribution in [3.05, 3.63) is 64.8 Å². The van der Waals surface area contributed by atoms with Gasteiger partial charge in [-0.3, -0.25) is 9.48 Å². The van der Waals surface area contributed by atoms with Crippen LogP contribution in [0, 0.1) is 19.8 Å². The number of carbonyl (C=O) groups excluding carboxylic acids is 1. The first-order valence-electron chi connectivity index (χ1n) is 10.2. The number of rotatable bonds is 7. The molecule has 0 saturated heterocycles. The quantitative estimate of drug-likeness (QED) is 0.436. The Morgan fingerprint density at radius 1 is 1.19 bits per heavy atom. The lowest BCUT2D eigenvalue weighted by molar-refractivity contribution is 0.102. The molecule has 0 spiro atoms. The number of ether oxygens (including phenoxy) is 1. The molecule has 0 aliphatic rings. The van der Waals surface area contributed by atoms with Crippen molar-refractivity contribution >= 4 is 33.5 Å². The van der Waals surface area contributed by atoms with Crippen LogP contribution in [0.2, 0.25) is 0 Å². The summed E-state index contributed by atoms with van der Waals surface area (Å²) in [5.74, 6) is 1.60. The fraction of sp³-hybridized carbons (Fsp3) is 0.304. The van der Waals surface area contributed by atoms with Crippen molar-refractivity contribution in [1.82, 2.24) is 19.4 Å². The maximum Gasteiger partial charge on any atom is 0.256 e. The zero-order chi connectivity index (χ0) is 22.0. The van der Waals surface area contributed by atoms with Crippen LogP contribution in [0.25, 0.3) is 10.2 Å². The monoisotopic (exact) mass is 437 g/mol.